The third kappa shape index (κ3) is 3.68. The number of hydrogen-bond acceptors (Lipinski definition) is 4. The van der Waals surface area contributed by atoms with Crippen LogP contribution in [0.2, 0.25) is 0 Å². The zero-order valence-corrected chi connectivity index (χ0v) is 20.6. The molecule has 0 aliphatic carbocycles. The molecule has 2 aliphatic rings. The summed E-state index contributed by atoms with van der Waals surface area (Å²) in [6, 6.07) is 11.5. The number of hydrogen-bond donors (Lipinski definition) is 2. The zero-order chi connectivity index (χ0) is 23.4. The lowest BCUT2D eigenvalue weighted by molar-refractivity contribution is 0.638. The second-order valence-electron chi connectivity index (χ2n) is 10.3. The Labute approximate surface area is 201 Å². The van der Waals surface area contributed by atoms with E-state index in [0.717, 1.165) is 56.2 Å². The second kappa shape index (κ2) is 8.24. The maximum atomic E-state index is 4.84. The molecule has 0 bridgehead atoms. The van der Waals surface area contributed by atoms with Crippen LogP contribution in [0.5, 0.6) is 0 Å². The maximum absolute atomic E-state index is 4.84. The van der Waals surface area contributed by atoms with Gasteiger partial charge in [-0.3, -0.25) is 4.98 Å². The van der Waals surface area contributed by atoms with Crippen LogP contribution in [0.3, 0.4) is 0 Å². The first-order chi connectivity index (χ1) is 16.5. The topological polar surface area (TPSA) is 56.8 Å². The van der Waals surface area contributed by atoms with Crippen LogP contribution in [-0.2, 0) is 25.9 Å². The molecule has 5 nitrogen and oxygen atoms in total. The Morgan fingerprint density at radius 1 is 0.912 bits per heavy atom. The lowest BCUT2D eigenvalue weighted by Crippen LogP contribution is -2.32. The van der Waals surface area contributed by atoms with Crippen LogP contribution < -0.4 is 10.2 Å². The highest BCUT2D eigenvalue weighted by atomic mass is 15.2. The number of aryl methyl sites for hydroxylation is 2. The predicted molar refractivity (Wildman–Crippen MR) is 139 cm³/mol. The van der Waals surface area contributed by atoms with Crippen molar-refractivity contribution in [2.24, 2.45) is 0 Å². The molecule has 0 amide bonds. The highest BCUT2D eigenvalue weighted by Crippen LogP contribution is 2.38. The van der Waals surface area contributed by atoms with E-state index in [2.05, 4.69) is 84.4 Å². The molecule has 1 aromatic carbocycles. The lowest BCUT2D eigenvalue weighted by Gasteiger charge is -2.31. The third-order valence-corrected chi connectivity index (χ3v) is 7.40. The molecule has 0 spiro atoms. The molecule has 34 heavy (non-hydrogen) atoms. The molecule has 5 heterocycles. The van der Waals surface area contributed by atoms with Crippen molar-refractivity contribution in [3.05, 3.63) is 75.7 Å². The van der Waals surface area contributed by atoms with Crippen molar-refractivity contribution < 1.29 is 0 Å². The number of nitrogens with zero attached hydrogens (tertiary/aromatic N) is 3. The van der Waals surface area contributed by atoms with Crippen LogP contribution in [-0.4, -0.2) is 28.0 Å². The van der Waals surface area contributed by atoms with Gasteiger partial charge in [0.2, 0.25) is 0 Å². The van der Waals surface area contributed by atoms with E-state index in [1.807, 2.05) is 0 Å². The minimum Gasteiger partial charge on any atom is -0.354 e. The second-order valence-corrected chi connectivity index (χ2v) is 10.3. The first-order valence-electron chi connectivity index (χ1n) is 12.5. The normalized spacial score (nSPS) is 15.6. The summed E-state index contributed by atoms with van der Waals surface area (Å²) in [5.41, 5.74) is 12.9. The minimum atomic E-state index is 0.421. The maximum Gasteiger partial charge on any atom is 0.129 e. The van der Waals surface area contributed by atoms with Crippen LogP contribution in [0, 0.1) is 13.8 Å². The summed E-state index contributed by atoms with van der Waals surface area (Å²) >= 11 is 0. The average Bonchev–Trinajstić information content (AvgIpc) is 3.20. The molecule has 3 aromatic heterocycles. The Morgan fingerprint density at radius 3 is 2.53 bits per heavy atom. The van der Waals surface area contributed by atoms with E-state index in [9.17, 15) is 0 Å². The number of benzene rings is 1. The van der Waals surface area contributed by atoms with Gasteiger partial charge in [-0.15, -0.1) is 0 Å². The molecule has 0 fully saturated rings. The molecule has 0 saturated heterocycles. The van der Waals surface area contributed by atoms with Crippen LogP contribution >= 0.6 is 0 Å². The molecule has 6 rings (SSSR count). The summed E-state index contributed by atoms with van der Waals surface area (Å²) in [6.07, 6.45) is 4.22. The van der Waals surface area contributed by atoms with E-state index >= 15 is 0 Å². The van der Waals surface area contributed by atoms with Crippen molar-refractivity contribution in [1.29, 1.82) is 0 Å². The van der Waals surface area contributed by atoms with Crippen LogP contribution in [0.1, 0.15) is 59.0 Å². The number of pyridine rings is 2. The van der Waals surface area contributed by atoms with Gasteiger partial charge in [0.25, 0.3) is 0 Å². The summed E-state index contributed by atoms with van der Waals surface area (Å²) in [4.78, 5) is 15.7. The predicted octanol–water partition coefficient (Wildman–Crippen LogP) is 5.57. The average molecular weight is 452 g/mol. The van der Waals surface area contributed by atoms with Crippen molar-refractivity contribution >= 4 is 16.7 Å². The van der Waals surface area contributed by atoms with E-state index in [4.69, 9.17) is 4.98 Å². The molecular weight excluding hydrogens is 418 g/mol. The standard InChI is InChI=1S/C29H33N5/c1-17(2)28-25-11-24-16-34(27-13-23-14-30-7-5-21(23)15-31-27)8-6-20(24)12-26(25)33-29(28)22-9-18(3)32-19(4)10-22/h9-13,15,17,30,33H,5-8,14,16H2,1-4H3. The highest BCUT2D eigenvalue weighted by molar-refractivity contribution is 5.92. The van der Waals surface area contributed by atoms with Gasteiger partial charge in [0, 0.05) is 53.7 Å². The Morgan fingerprint density at radius 2 is 1.74 bits per heavy atom. The van der Waals surface area contributed by atoms with Gasteiger partial charge in [-0.25, -0.2) is 4.98 Å². The number of nitrogens with one attached hydrogen (secondary N) is 2. The largest absolute Gasteiger partial charge is 0.354 e. The third-order valence-electron chi connectivity index (χ3n) is 7.40. The van der Waals surface area contributed by atoms with Crippen molar-refractivity contribution in [2.75, 3.05) is 18.0 Å². The molecule has 0 saturated carbocycles. The fraction of sp³-hybridized carbons (Fsp3) is 0.379. The van der Waals surface area contributed by atoms with E-state index in [-0.39, 0.29) is 0 Å². The van der Waals surface area contributed by atoms with Gasteiger partial charge in [-0.2, -0.15) is 0 Å². The number of rotatable bonds is 3. The SMILES string of the molecule is Cc1cc(-c2[nH]c3cc4c(cc3c2C(C)C)CN(c2cc3c(cn2)CCNC3)CC4)cc(C)n1. The summed E-state index contributed by atoms with van der Waals surface area (Å²) in [6.45, 7) is 12.7. The summed E-state index contributed by atoms with van der Waals surface area (Å²) in [5, 5.41) is 4.84. The fourth-order valence-corrected chi connectivity index (χ4v) is 5.80. The quantitative estimate of drug-likeness (QED) is 0.427. The minimum absolute atomic E-state index is 0.421. The molecule has 5 heteroatoms. The molecule has 0 radical (unpaired) electrons. The molecule has 4 aromatic rings. The van der Waals surface area contributed by atoms with Crippen LogP contribution in [0.25, 0.3) is 22.2 Å². The number of H-pyrrole nitrogens is 1. The molecular formula is C29H33N5. The van der Waals surface area contributed by atoms with E-state index in [1.54, 1.807) is 0 Å². The monoisotopic (exact) mass is 451 g/mol. The first kappa shape index (κ1) is 21.4. The van der Waals surface area contributed by atoms with Crippen molar-refractivity contribution in [2.45, 2.75) is 59.5 Å². The first-order valence-corrected chi connectivity index (χ1v) is 12.5. The smallest absolute Gasteiger partial charge is 0.129 e. The lowest BCUT2D eigenvalue weighted by atomic mass is 9.92. The molecule has 2 N–H and O–H groups in total. The molecule has 0 unspecified atom stereocenters. The number of fused-ring (bicyclic) bond motifs is 3. The fourth-order valence-electron chi connectivity index (χ4n) is 5.80. The van der Waals surface area contributed by atoms with Gasteiger partial charge in [0.15, 0.2) is 0 Å². The van der Waals surface area contributed by atoms with E-state index < -0.39 is 0 Å². The van der Waals surface area contributed by atoms with Gasteiger partial charge < -0.3 is 15.2 Å². The van der Waals surface area contributed by atoms with E-state index in [0.29, 0.717) is 5.92 Å². The van der Waals surface area contributed by atoms with E-state index in [1.165, 1.54) is 50.0 Å². The van der Waals surface area contributed by atoms with Gasteiger partial charge in [0.05, 0.1) is 5.69 Å². The molecule has 0 atom stereocenters. The van der Waals surface area contributed by atoms with Crippen molar-refractivity contribution in [1.82, 2.24) is 20.3 Å². The number of aromatic amines is 1. The summed E-state index contributed by atoms with van der Waals surface area (Å²) in [7, 11) is 0. The van der Waals surface area contributed by atoms with Gasteiger partial charge in [-0.1, -0.05) is 13.8 Å². The zero-order valence-electron chi connectivity index (χ0n) is 20.6. The summed E-state index contributed by atoms with van der Waals surface area (Å²) < 4.78 is 0. The van der Waals surface area contributed by atoms with Gasteiger partial charge >= 0.3 is 0 Å². The van der Waals surface area contributed by atoms with Crippen molar-refractivity contribution in [3.63, 3.8) is 0 Å². The van der Waals surface area contributed by atoms with Crippen LogP contribution in [0.4, 0.5) is 5.82 Å². The highest BCUT2D eigenvalue weighted by Gasteiger charge is 2.23. The number of aromatic nitrogens is 3. The van der Waals surface area contributed by atoms with Crippen LogP contribution in [0.15, 0.2) is 36.5 Å². The van der Waals surface area contributed by atoms with Crippen molar-refractivity contribution in [3.8, 4) is 11.3 Å². The Kier molecular flexibility index (Phi) is 5.18. The Bertz CT molecular complexity index is 1380. The Hall–Kier alpha value is -3.18. The molecule has 2 aliphatic heterocycles. The Balaban J connectivity index is 1.40. The van der Waals surface area contributed by atoms with Gasteiger partial charge in [0.1, 0.15) is 5.82 Å². The van der Waals surface area contributed by atoms with Gasteiger partial charge in [-0.05, 0) is 97.3 Å². The number of anilines is 1. The summed E-state index contributed by atoms with van der Waals surface area (Å²) in [5.74, 6) is 1.53. The molecule has 174 valence electrons.